The van der Waals surface area contributed by atoms with Crippen LogP contribution in [0, 0.1) is 0 Å². The third-order valence-electron chi connectivity index (χ3n) is 3.97. The molecule has 136 valence electrons. The van der Waals surface area contributed by atoms with Gasteiger partial charge in [-0.15, -0.1) is 11.3 Å². The zero-order valence-corrected chi connectivity index (χ0v) is 15.2. The maximum absolute atomic E-state index is 11.2. The van der Waals surface area contributed by atoms with Crippen molar-refractivity contribution >= 4 is 28.2 Å². The molecule has 0 atom stereocenters. The molecule has 1 N–H and O–H groups in total. The summed E-state index contributed by atoms with van der Waals surface area (Å²) in [7, 11) is 3.07. The van der Waals surface area contributed by atoms with E-state index in [2.05, 4.69) is 15.1 Å². The first-order chi connectivity index (χ1) is 13.1. The van der Waals surface area contributed by atoms with E-state index in [4.69, 9.17) is 14.6 Å². The summed E-state index contributed by atoms with van der Waals surface area (Å²) < 4.78 is 12.2. The number of aromatic nitrogens is 4. The van der Waals surface area contributed by atoms with E-state index in [9.17, 15) is 4.79 Å². The second-order valence-corrected chi connectivity index (χ2v) is 6.35. The monoisotopic (exact) mass is 382 g/mol. The van der Waals surface area contributed by atoms with Gasteiger partial charge >= 0.3 is 5.97 Å². The van der Waals surface area contributed by atoms with Crippen molar-refractivity contribution in [1.29, 1.82) is 0 Å². The van der Waals surface area contributed by atoms with Crippen LogP contribution in [0.3, 0.4) is 0 Å². The summed E-state index contributed by atoms with van der Waals surface area (Å²) in [5, 5.41) is 16.6. The molecular formula is C18H14N4O4S. The minimum atomic E-state index is -1.07. The fraction of sp³-hybridized carbons (Fsp3) is 0.111. The molecule has 0 aliphatic carbocycles. The van der Waals surface area contributed by atoms with E-state index in [-0.39, 0.29) is 5.69 Å². The molecule has 27 heavy (non-hydrogen) atoms. The highest BCUT2D eigenvalue weighted by Gasteiger charge is 2.20. The van der Waals surface area contributed by atoms with Crippen LogP contribution in [0.4, 0.5) is 0 Å². The van der Waals surface area contributed by atoms with Gasteiger partial charge in [0.15, 0.2) is 5.69 Å². The number of ether oxygens (including phenoxy) is 2. The molecule has 9 heteroatoms. The van der Waals surface area contributed by atoms with Crippen LogP contribution in [0.2, 0.25) is 0 Å². The molecule has 0 aliphatic rings. The van der Waals surface area contributed by atoms with Crippen LogP contribution in [0.1, 0.15) is 10.5 Å². The summed E-state index contributed by atoms with van der Waals surface area (Å²) in [4.78, 5) is 19.6. The third kappa shape index (κ3) is 2.87. The predicted octanol–water partition coefficient (Wildman–Crippen LogP) is 3.26. The Morgan fingerprint density at radius 2 is 1.93 bits per heavy atom. The molecule has 0 aliphatic heterocycles. The molecule has 3 aromatic heterocycles. The molecule has 0 fully saturated rings. The Labute approximate surface area is 157 Å². The Morgan fingerprint density at radius 1 is 1.11 bits per heavy atom. The second kappa shape index (κ2) is 6.69. The van der Waals surface area contributed by atoms with Gasteiger partial charge in [0.25, 0.3) is 0 Å². The molecule has 0 radical (unpaired) electrons. The molecular weight excluding hydrogens is 368 g/mol. The minimum absolute atomic E-state index is 0.0141. The fourth-order valence-electron chi connectivity index (χ4n) is 2.74. The Morgan fingerprint density at radius 3 is 2.63 bits per heavy atom. The third-order valence-corrected chi connectivity index (χ3v) is 4.79. The van der Waals surface area contributed by atoms with Gasteiger partial charge in [-0.05, 0) is 12.1 Å². The summed E-state index contributed by atoms with van der Waals surface area (Å²) in [6.07, 6.45) is 0. The molecule has 0 amide bonds. The average molecular weight is 382 g/mol. The number of benzene rings is 1. The Bertz CT molecular complexity index is 1150. The van der Waals surface area contributed by atoms with Crippen LogP contribution in [-0.4, -0.2) is 45.0 Å². The van der Waals surface area contributed by atoms with E-state index in [1.807, 2.05) is 30.3 Å². The number of hydrogen-bond acceptors (Lipinski definition) is 7. The van der Waals surface area contributed by atoms with Crippen molar-refractivity contribution in [2.45, 2.75) is 0 Å². The van der Waals surface area contributed by atoms with E-state index in [0.717, 1.165) is 10.9 Å². The summed E-state index contributed by atoms with van der Waals surface area (Å²) in [6.45, 7) is 0. The van der Waals surface area contributed by atoms with Gasteiger partial charge in [-0.1, -0.05) is 18.2 Å². The number of carboxylic acids is 1. The lowest BCUT2D eigenvalue weighted by Gasteiger charge is -2.07. The second-order valence-electron chi connectivity index (χ2n) is 5.51. The standard InChI is InChI=1S/C18H14N4O4S/c1-25-14-8-7-11(16(20-14)26-2)15-10-5-3-4-6-13(10)22(21-15)18-19-12(9-27-18)17(23)24/h3-9H,1-2H3,(H,23,24). The number of carbonyl (C=O) groups is 1. The molecule has 0 bridgehead atoms. The normalized spacial score (nSPS) is 10.9. The lowest BCUT2D eigenvalue weighted by molar-refractivity contribution is 0.0691. The van der Waals surface area contributed by atoms with Gasteiger partial charge in [-0.25, -0.2) is 14.5 Å². The topological polar surface area (TPSA) is 99.4 Å². The average Bonchev–Trinajstić information content (AvgIpc) is 3.32. The number of rotatable bonds is 5. The van der Waals surface area contributed by atoms with Crippen LogP contribution in [0.5, 0.6) is 11.8 Å². The number of nitrogens with zero attached hydrogens (tertiary/aromatic N) is 4. The van der Waals surface area contributed by atoms with Crippen LogP contribution >= 0.6 is 11.3 Å². The predicted molar refractivity (Wildman–Crippen MR) is 100 cm³/mol. The lowest BCUT2D eigenvalue weighted by Crippen LogP contribution is -2.00. The van der Waals surface area contributed by atoms with Gasteiger partial charge in [-0.3, -0.25) is 0 Å². The molecule has 0 saturated carbocycles. The molecule has 0 saturated heterocycles. The Balaban J connectivity index is 1.94. The van der Waals surface area contributed by atoms with Crippen LogP contribution in [0.15, 0.2) is 41.8 Å². The van der Waals surface area contributed by atoms with Gasteiger partial charge in [0.1, 0.15) is 5.69 Å². The Hall–Kier alpha value is -3.46. The highest BCUT2D eigenvalue weighted by molar-refractivity contribution is 7.12. The van der Waals surface area contributed by atoms with Gasteiger partial charge in [0.05, 0.1) is 25.3 Å². The van der Waals surface area contributed by atoms with Gasteiger partial charge < -0.3 is 14.6 Å². The first-order valence-electron chi connectivity index (χ1n) is 7.88. The number of carboxylic acid groups (broad SMARTS) is 1. The zero-order chi connectivity index (χ0) is 19.0. The van der Waals surface area contributed by atoms with E-state index in [0.29, 0.717) is 28.1 Å². The van der Waals surface area contributed by atoms with E-state index < -0.39 is 5.97 Å². The van der Waals surface area contributed by atoms with Crippen molar-refractivity contribution in [3.05, 3.63) is 47.5 Å². The minimum Gasteiger partial charge on any atom is -0.481 e. The van der Waals surface area contributed by atoms with Crippen LogP contribution in [0.25, 0.3) is 27.3 Å². The number of aromatic carboxylic acids is 1. The highest BCUT2D eigenvalue weighted by Crippen LogP contribution is 2.35. The van der Waals surface area contributed by atoms with Crippen molar-refractivity contribution in [2.75, 3.05) is 14.2 Å². The first-order valence-corrected chi connectivity index (χ1v) is 8.76. The molecule has 8 nitrogen and oxygen atoms in total. The number of pyridine rings is 1. The molecule has 3 heterocycles. The quantitative estimate of drug-likeness (QED) is 0.565. The molecule has 4 rings (SSSR count). The van der Waals surface area contributed by atoms with Crippen LogP contribution < -0.4 is 9.47 Å². The number of fused-ring (bicyclic) bond motifs is 1. The van der Waals surface area contributed by atoms with E-state index >= 15 is 0 Å². The SMILES string of the molecule is COc1ccc(-c2nn(-c3nc(C(=O)O)cs3)c3ccccc23)c(OC)n1. The van der Waals surface area contributed by atoms with Crippen molar-refractivity contribution in [2.24, 2.45) is 0 Å². The molecule has 4 aromatic rings. The summed E-state index contributed by atoms with van der Waals surface area (Å²) >= 11 is 1.21. The van der Waals surface area contributed by atoms with Gasteiger partial charge in [0.2, 0.25) is 16.9 Å². The highest BCUT2D eigenvalue weighted by atomic mass is 32.1. The Kier molecular flexibility index (Phi) is 4.21. The molecule has 1 aromatic carbocycles. The van der Waals surface area contributed by atoms with Crippen LogP contribution in [-0.2, 0) is 0 Å². The number of hydrogen-bond donors (Lipinski definition) is 1. The zero-order valence-electron chi connectivity index (χ0n) is 14.4. The summed E-state index contributed by atoms with van der Waals surface area (Å²) in [5.74, 6) is -0.254. The van der Waals surface area contributed by atoms with Crippen molar-refractivity contribution in [3.63, 3.8) is 0 Å². The van der Waals surface area contributed by atoms with Gasteiger partial charge in [0, 0.05) is 16.8 Å². The van der Waals surface area contributed by atoms with Crippen molar-refractivity contribution < 1.29 is 19.4 Å². The first kappa shape index (κ1) is 17.0. The van der Waals surface area contributed by atoms with E-state index in [1.165, 1.54) is 30.9 Å². The van der Waals surface area contributed by atoms with Gasteiger partial charge in [-0.2, -0.15) is 10.1 Å². The van der Waals surface area contributed by atoms with E-state index in [1.54, 1.807) is 10.7 Å². The fourth-order valence-corrected chi connectivity index (χ4v) is 3.50. The number of thiazole rings is 1. The summed E-state index contributed by atoms with van der Waals surface area (Å²) in [6, 6.07) is 11.2. The molecule has 0 unspecified atom stereocenters. The maximum atomic E-state index is 11.2. The number of methoxy groups -OCH3 is 2. The van der Waals surface area contributed by atoms with Crippen molar-refractivity contribution in [1.82, 2.24) is 19.7 Å². The largest absolute Gasteiger partial charge is 0.481 e. The number of para-hydroxylation sites is 1. The van der Waals surface area contributed by atoms with Crippen molar-refractivity contribution in [3.8, 4) is 28.1 Å². The smallest absolute Gasteiger partial charge is 0.355 e. The maximum Gasteiger partial charge on any atom is 0.355 e. The summed E-state index contributed by atoms with van der Waals surface area (Å²) in [5.41, 5.74) is 2.14. The lowest BCUT2D eigenvalue weighted by atomic mass is 10.1. The molecule has 0 spiro atoms.